The number of nitro benzene ring substituents is 1. The number of aryl methyl sites for hydroxylation is 3. The molecule has 30 heavy (non-hydrogen) atoms. The Morgan fingerprint density at radius 1 is 1.13 bits per heavy atom. The highest BCUT2D eigenvalue weighted by Crippen LogP contribution is 2.27. The third-order valence-corrected chi connectivity index (χ3v) is 5.13. The third kappa shape index (κ3) is 3.71. The van der Waals surface area contributed by atoms with Crippen LogP contribution in [0, 0.1) is 36.8 Å². The molecule has 0 atom stereocenters. The minimum atomic E-state index is -0.477. The second-order valence-corrected chi connectivity index (χ2v) is 7.42. The molecule has 1 saturated heterocycles. The number of anilines is 2. The molecule has 1 amide bonds. The Balaban J connectivity index is 1.42. The molecule has 10 heteroatoms. The van der Waals surface area contributed by atoms with Crippen molar-refractivity contribution >= 4 is 23.1 Å². The molecule has 3 aromatic rings. The molecule has 0 saturated carbocycles. The summed E-state index contributed by atoms with van der Waals surface area (Å²) >= 11 is 0. The summed E-state index contributed by atoms with van der Waals surface area (Å²) in [4.78, 5) is 33.7. The molecule has 0 bridgehead atoms. The summed E-state index contributed by atoms with van der Waals surface area (Å²) in [5.41, 5.74) is 3.07. The SMILES string of the molecule is Cc1cc(C)n(-c2cc(N3CC(C(=O)Nc4cc([N+](=O)[O-])ccc4C)C3)ncn2)n1. The summed E-state index contributed by atoms with van der Waals surface area (Å²) in [5, 5.41) is 18.2. The lowest BCUT2D eigenvalue weighted by Gasteiger charge is -2.39. The molecule has 154 valence electrons. The molecule has 1 N–H and O–H groups in total. The van der Waals surface area contributed by atoms with Crippen molar-refractivity contribution in [3.05, 3.63) is 63.7 Å². The standard InChI is InChI=1S/C20H21N7O3/c1-12-4-5-16(27(29)30)7-17(12)23-20(28)15-9-25(10-15)18-8-19(22-11-21-18)26-14(3)6-13(2)24-26/h4-8,11,15H,9-10H2,1-3H3,(H,23,28). The zero-order valence-corrected chi connectivity index (χ0v) is 16.9. The van der Waals surface area contributed by atoms with Gasteiger partial charge in [-0.2, -0.15) is 5.10 Å². The fourth-order valence-corrected chi connectivity index (χ4v) is 3.41. The summed E-state index contributed by atoms with van der Waals surface area (Å²) in [6, 6.07) is 8.25. The van der Waals surface area contributed by atoms with E-state index in [1.165, 1.54) is 18.5 Å². The maximum atomic E-state index is 12.6. The highest BCUT2D eigenvalue weighted by atomic mass is 16.6. The topological polar surface area (TPSA) is 119 Å². The Labute approximate surface area is 172 Å². The van der Waals surface area contributed by atoms with Crippen molar-refractivity contribution < 1.29 is 9.72 Å². The number of hydrogen-bond donors (Lipinski definition) is 1. The molecule has 4 rings (SSSR count). The van der Waals surface area contributed by atoms with Gasteiger partial charge in [-0.1, -0.05) is 6.07 Å². The van der Waals surface area contributed by atoms with Gasteiger partial charge in [-0.25, -0.2) is 14.6 Å². The van der Waals surface area contributed by atoms with Gasteiger partial charge in [-0.15, -0.1) is 0 Å². The van der Waals surface area contributed by atoms with E-state index in [9.17, 15) is 14.9 Å². The zero-order valence-electron chi connectivity index (χ0n) is 16.9. The lowest BCUT2D eigenvalue weighted by Crippen LogP contribution is -2.52. The van der Waals surface area contributed by atoms with E-state index < -0.39 is 4.92 Å². The molecule has 1 aliphatic heterocycles. The van der Waals surface area contributed by atoms with Crippen LogP contribution in [-0.4, -0.2) is 43.7 Å². The molecular formula is C20H21N7O3. The van der Waals surface area contributed by atoms with E-state index in [1.54, 1.807) is 17.7 Å². The van der Waals surface area contributed by atoms with Gasteiger partial charge in [0.2, 0.25) is 5.91 Å². The quantitative estimate of drug-likeness (QED) is 0.510. The average Bonchev–Trinajstić information content (AvgIpc) is 3.00. The lowest BCUT2D eigenvalue weighted by atomic mass is 9.99. The number of nitrogens with zero attached hydrogens (tertiary/aromatic N) is 6. The molecule has 1 fully saturated rings. The molecular weight excluding hydrogens is 386 g/mol. The number of non-ortho nitro benzene ring substituents is 1. The first-order chi connectivity index (χ1) is 14.3. The fourth-order valence-electron chi connectivity index (χ4n) is 3.41. The summed E-state index contributed by atoms with van der Waals surface area (Å²) in [6.07, 6.45) is 1.49. The van der Waals surface area contributed by atoms with Gasteiger partial charge in [0.05, 0.1) is 22.2 Å². The van der Waals surface area contributed by atoms with Crippen molar-refractivity contribution in [2.45, 2.75) is 20.8 Å². The Kier molecular flexibility index (Phi) is 4.90. The summed E-state index contributed by atoms with van der Waals surface area (Å²) in [7, 11) is 0. The summed E-state index contributed by atoms with van der Waals surface area (Å²) < 4.78 is 1.76. The van der Waals surface area contributed by atoms with E-state index in [1.807, 2.05) is 30.9 Å². The first-order valence-electron chi connectivity index (χ1n) is 9.48. The molecule has 0 aliphatic carbocycles. The van der Waals surface area contributed by atoms with E-state index in [4.69, 9.17) is 0 Å². The summed E-state index contributed by atoms with van der Waals surface area (Å²) in [6.45, 7) is 6.70. The van der Waals surface area contributed by atoms with Crippen LogP contribution in [-0.2, 0) is 4.79 Å². The van der Waals surface area contributed by atoms with Crippen LogP contribution < -0.4 is 10.2 Å². The van der Waals surface area contributed by atoms with Gasteiger partial charge < -0.3 is 10.2 Å². The van der Waals surface area contributed by atoms with Crippen molar-refractivity contribution in [2.24, 2.45) is 5.92 Å². The number of carbonyl (C=O) groups is 1. The van der Waals surface area contributed by atoms with Crippen molar-refractivity contribution in [3.63, 3.8) is 0 Å². The lowest BCUT2D eigenvalue weighted by molar-refractivity contribution is -0.384. The van der Waals surface area contributed by atoms with E-state index >= 15 is 0 Å². The maximum absolute atomic E-state index is 12.6. The highest BCUT2D eigenvalue weighted by Gasteiger charge is 2.34. The molecule has 2 aromatic heterocycles. The second-order valence-electron chi connectivity index (χ2n) is 7.42. The normalized spacial score (nSPS) is 13.8. The fraction of sp³-hybridized carbons (Fsp3) is 0.300. The van der Waals surface area contributed by atoms with Crippen LogP contribution in [0.3, 0.4) is 0 Å². The van der Waals surface area contributed by atoms with E-state index in [2.05, 4.69) is 20.4 Å². The van der Waals surface area contributed by atoms with Gasteiger partial charge in [-0.05, 0) is 32.4 Å². The number of benzene rings is 1. The Morgan fingerprint density at radius 2 is 1.87 bits per heavy atom. The zero-order chi connectivity index (χ0) is 21.4. The van der Waals surface area contributed by atoms with Crippen molar-refractivity contribution in [3.8, 4) is 5.82 Å². The van der Waals surface area contributed by atoms with E-state index in [0.717, 1.165) is 22.8 Å². The van der Waals surface area contributed by atoms with Crippen molar-refractivity contribution in [2.75, 3.05) is 23.3 Å². The van der Waals surface area contributed by atoms with Crippen LogP contribution in [0.1, 0.15) is 17.0 Å². The first-order valence-corrected chi connectivity index (χ1v) is 9.48. The van der Waals surface area contributed by atoms with E-state index in [0.29, 0.717) is 24.6 Å². The molecule has 1 aromatic carbocycles. The number of nitro groups is 1. The third-order valence-electron chi connectivity index (χ3n) is 5.13. The minimum Gasteiger partial charge on any atom is -0.355 e. The van der Waals surface area contributed by atoms with Crippen molar-refractivity contribution in [1.29, 1.82) is 0 Å². The van der Waals surface area contributed by atoms with E-state index in [-0.39, 0.29) is 17.5 Å². The molecule has 1 aliphatic rings. The number of amides is 1. The van der Waals surface area contributed by atoms with Crippen molar-refractivity contribution in [1.82, 2.24) is 19.7 Å². The van der Waals surface area contributed by atoms with Gasteiger partial charge >= 0.3 is 0 Å². The molecule has 0 spiro atoms. The van der Waals surface area contributed by atoms with Crippen LogP contribution in [0.2, 0.25) is 0 Å². The maximum Gasteiger partial charge on any atom is 0.271 e. The second kappa shape index (κ2) is 7.54. The largest absolute Gasteiger partial charge is 0.355 e. The predicted octanol–water partition coefficient (Wildman–Crippen LogP) is 2.57. The number of hydrogen-bond acceptors (Lipinski definition) is 7. The number of nitrogens with one attached hydrogen (secondary N) is 1. The number of rotatable bonds is 5. The minimum absolute atomic E-state index is 0.0520. The van der Waals surface area contributed by atoms with Crippen LogP contribution in [0.4, 0.5) is 17.2 Å². The van der Waals surface area contributed by atoms with Crippen LogP contribution in [0.15, 0.2) is 36.7 Å². The smallest absolute Gasteiger partial charge is 0.271 e. The van der Waals surface area contributed by atoms with Gasteiger partial charge in [-0.3, -0.25) is 14.9 Å². The average molecular weight is 407 g/mol. The molecule has 10 nitrogen and oxygen atoms in total. The molecule has 0 radical (unpaired) electrons. The Hall–Kier alpha value is -3.82. The number of aromatic nitrogens is 4. The monoisotopic (exact) mass is 407 g/mol. The van der Waals surface area contributed by atoms with Crippen LogP contribution in [0.25, 0.3) is 5.82 Å². The van der Waals surface area contributed by atoms with Gasteiger partial charge in [0.1, 0.15) is 12.1 Å². The molecule has 0 unspecified atom stereocenters. The summed E-state index contributed by atoms with van der Waals surface area (Å²) in [5.74, 6) is 1.01. The number of carbonyl (C=O) groups excluding carboxylic acids is 1. The van der Waals surface area contributed by atoms with Gasteiger partial charge in [0, 0.05) is 37.0 Å². The van der Waals surface area contributed by atoms with Gasteiger partial charge in [0.25, 0.3) is 5.69 Å². The van der Waals surface area contributed by atoms with Crippen LogP contribution in [0.5, 0.6) is 0 Å². The van der Waals surface area contributed by atoms with Crippen LogP contribution >= 0.6 is 0 Å². The molecule has 3 heterocycles. The Bertz CT molecular complexity index is 1140. The predicted molar refractivity (Wildman–Crippen MR) is 111 cm³/mol. The Morgan fingerprint density at radius 3 is 2.53 bits per heavy atom. The first kappa shape index (κ1) is 19.5. The van der Waals surface area contributed by atoms with Gasteiger partial charge in [0.15, 0.2) is 5.82 Å². The highest BCUT2D eigenvalue weighted by molar-refractivity contribution is 5.95.